The second-order valence-electron chi connectivity index (χ2n) is 8.07. The van der Waals surface area contributed by atoms with E-state index in [9.17, 15) is 28.6 Å². The third-order valence-electron chi connectivity index (χ3n) is 5.37. The first-order valence-corrected chi connectivity index (χ1v) is 11.8. The Balaban J connectivity index is 1.47. The van der Waals surface area contributed by atoms with Crippen molar-refractivity contribution in [2.24, 2.45) is 0 Å². The van der Waals surface area contributed by atoms with Crippen LogP contribution in [0.1, 0.15) is 34.3 Å². The molecule has 4 N–H and O–H groups in total. The van der Waals surface area contributed by atoms with Crippen molar-refractivity contribution in [1.82, 2.24) is 14.6 Å². The van der Waals surface area contributed by atoms with Crippen molar-refractivity contribution in [2.75, 3.05) is 44.7 Å². The number of nitrogens with zero attached hydrogens (tertiary/aromatic N) is 2. The normalized spacial score (nSPS) is 15.0. The van der Waals surface area contributed by atoms with E-state index < -0.39 is 36.3 Å². The molecular formula is C22H28F2N4O6S. The van der Waals surface area contributed by atoms with Crippen LogP contribution in [0.15, 0.2) is 12.1 Å². The van der Waals surface area contributed by atoms with Gasteiger partial charge in [-0.15, -0.1) is 0 Å². The molecule has 0 aliphatic carbocycles. The lowest BCUT2D eigenvalue weighted by molar-refractivity contribution is 0.0129. The number of aromatic nitrogens is 1. The highest BCUT2D eigenvalue weighted by molar-refractivity contribution is 7.11. The summed E-state index contributed by atoms with van der Waals surface area (Å²) in [4.78, 5) is 26.0. The predicted molar refractivity (Wildman–Crippen MR) is 124 cm³/mol. The molecule has 1 saturated heterocycles. The number of carboxylic acid groups (broad SMARTS) is 1. The molecule has 3 rings (SSSR count). The second kappa shape index (κ2) is 12.7. The van der Waals surface area contributed by atoms with Crippen molar-refractivity contribution in [1.29, 1.82) is 0 Å². The number of ether oxygens (including phenoxy) is 2. The Morgan fingerprint density at radius 2 is 2.03 bits per heavy atom. The molecule has 1 unspecified atom stereocenters. The van der Waals surface area contributed by atoms with Gasteiger partial charge in [0, 0.05) is 31.7 Å². The lowest BCUT2D eigenvalue weighted by Gasteiger charge is -2.28. The number of hydrogen-bond acceptors (Lipinski definition) is 8. The molecule has 0 bridgehead atoms. The number of aliphatic hydroxyl groups is 1. The molecular weight excluding hydrogens is 486 g/mol. The van der Waals surface area contributed by atoms with Gasteiger partial charge in [-0.05, 0) is 49.0 Å². The fourth-order valence-electron chi connectivity index (χ4n) is 3.45. The summed E-state index contributed by atoms with van der Waals surface area (Å²) in [6, 6.07) is 1.35. The van der Waals surface area contributed by atoms with Gasteiger partial charge in [0.1, 0.15) is 23.2 Å². The molecule has 13 heteroatoms. The molecule has 1 fully saturated rings. The molecule has 2 heterocycles. The first-order chi connectivity index (χ1) is 16.7. The maximum Gasteiger partial charge on any atom is 0.344 e. The Morgan fingerprint density at radius 1 is 1.29 bits per heavy atom. The molecule has 10 nitrogen and oxygen atoms in total. The van der Waals surface area contributed by atoms with Crippen LogP contribution in [0.4, 0.5) is 18.6 Å². The number of carbonyl (C=O) groups excluding carboxylic acids is 1. The number of halogens is 2. The Morgan fingerprint density at radius 3 is 2.74 bits per heavy atom. The smallest absolute Gasteiger partial charge is 0.344 e. The zero-order valence-electron chi connectivity index (χ0n) is 19.2. The Labute approximate surface area is 205 Å². The highest BCUT2D eigenvalue weighted by Gasteiger charge is 2.24. The van der Waals surface area contributed by atoms with Gasteiger partial charge in [-0.2, -0.15) is 4.37 Å². The van der Waals surface area contributed by atoms with E-state index in [0.717, 1.165) is 25.2 Å². The van der Waals surface area contributed by atoms with E-state index in [4.69, 9.17) is 9.47 Å². The number of rotatable bonds is 11. The summed E-state index contributed by atoms with van der Waals surface area (Å²) in [6.45, 7) is 4.66. The fraction of sp³-hybridized carbons (Fsp3) is 0.500. The van der Waals surface area contributed by atoms with Gasteiger partial charge in [-0.25, -0.2) is 18.4 Å². The number of β-amino-alcohol motifs (C(OH)–C–C–N with tert-alkyl or cyclic N) is 1. The Hall–Kier alpha value is -2.87. The highest BCUT2D eigenvalue weighted by Crippen LogP contribution is 2.31. The number of carboxylic acids is 1. The largest absolute Gasteiger partial charge is 0.477 e. The molecule has 1 aliphatic heterocycles. The number of benzene rings is 1. The average Bonchev–Trinajstić information content (AvgIpc) is 3.21. The van der Waals surface area contributed by atoms with Crippen LogP contribution < -0.4 is 15.4 Å². The Kier molecular flexibility index (Phi) is 9.72. The van der Waals surface area contributed by atoms with Crippen LogP contribution in [0, 0.1) is 18.6 Å². The molecule has 0 saturated carbocycles. The summed E-state index contributed by atoms with van der Waals surface area (Å²) in [6.07, 6.45) is 0.497. The predicted octanol–water partition coefficient (Wildman–Crippen LogP) is 2.60. The minimum atomic E-state index is -1.40. The van der Waals surface area contributed by atoms with Crippen LogP contribution in [0.5, 0.6) is 5.88 Å². The first kappa shape index (κ1) is 26.7. The molecule has 1 atom stereocenters. The second-order valence-corrected chi connectivity index (χ2v) is 8.84. The average molecular weight is 515 g/mol. The number of aromatic carboxylic acids is 1. The standard InChI is InChI=1S/C22H28F2N4O6S/c1-13-9-17(24)14(10-16(13)23)12-34-19-18(21(30)31)20(35-27-19)26-22(32)25-4-2-3-15(29)11-28-5-7-33-8-6-28/h9-10,15,29H,2-8,11-12H2,1H3,(H,30,31)(H2,25,26,32). The van der Waals surface area contributed by atoms with Gasteiger partial charge in [0.2, 0.25) is 5.88 Å². The van der Waals surface area contributed by atoms with Gasteiger partial charge < -0.3 is 25.0 Å². The first-order valence-electron chi connectivity index (χ1n) is 11.1. The van der Waals surface area contributed by atoms with Gasteiger partial charge in [0.25, 0.3) is 0 Å². The maximum atomic E-state index is 14.0. The quantitative estimate of drug-likeness (QED) is 0.337. The molecule has 1 aromatic carbocycles. The lowest BCUT2D eigenvalue weighted by Crippen LogP contribution is -2.41. The highest BCUT2D eigenvalue weighted by atomic mass is 32.1. The van der Waals surface area contributed by atoms with Gasteiger partial charge in [0.15, 0.2) is 5.56 Å². The molecule has 1 aliphatic rings. The van der Waals surface area contributed by atoms with Crippen LogP contribution in [0.25, 0.3) is 0 Å². The number of nitrogens with one attached hydrogen (secondary N) is 2. The molecule has 1 aromatic heterocycles. The van der Waals surface area contributed by atoms with Crippen LogP contribution >= 0.6 is 11.5 Å². The van der Waals surface area contributed by atoms with Crippen LogP contribution in [-0.4, -0.2) is 77.0 Å². The lowest BCUT2D eigenvalue weighted by atomic mass is 10.1. The maximum absolute atomic E-state index is 14.0. The van der Waals surface area contributed by atoms with Crippen molar-refractivity contribution in [3.63, 3.8) is 0 Å². The van der Waals surface area contributed by atoms with Crippen molar-refractivity contribution in [3.05, 3.63) is 40.5 Å². The van der Waals surface area contributed by atoms with E-state index in [0.29, 0.717) is 44.1 Å². The fourth-order valence-corrected chi connectivity index (χ4v) is 4.17. The molecule has 0 spiro atoms. The molecule has 0 radical (unpaired) electrons. The van der Waals surface area contributed by atoms with Crippen molar-refractivity contribution >= 4 is 28.5 Å². The van der Waals surface area contributed by atoms with Crippen molar-refractivity contribution in [2.45, 2.75) is 32.5 Å². The van der Waals surface area contributed by atoms with Crippen LogP contribution in [-0.2, 0) is 11.3 Å². The number of anilines is 1. The number of aliphatic hydroxyl groups excluding tert-OH is 1. The van der Waals surface area contributed by atoms with Crippen molar-refractivity contribution in [3.8, 4) is 5.88 Å². The van der Waals surface area contributed by atoms with Crippen molar-refractivity contribution < 1.29 is 38.1 Å². The number of hydrogen-bond donors (Lipinski definition) is 4. The van der Waals surface area contributed by atoms with Gasteiger partial charge in [-0.3, -0.25) is 10.2 Å². The summed E-state index contributed by atoms with van der Waals surface area (Å²) < 4.78 is 42.2. The number of urea groups is 1. The van der Waals surface area contributed by atoms with Crippen LogP contribution in [0.3, 0.4) is 0 Å². The number of carbonyl (C=O) groups is 2. The van der Waals surface area contributed by atoms with E-state index in [1.807, 2.05) is 0 Å². The van der Waals surface area contributed by atoms with E-state index in [1.165, 1.54) is 6.92 Å². The number of morpholine rings is 1. The summed E-state index contributed by atoms with van der Waals surface area (Å²) in [7, 11) is 0. The van der Waals surface area contributed by atoms with E-state index in [-0.39, 0.29) is 34.1 Å². The third kappa shape index (κ3) is 7.82. The topological polar surface area (TPSA) is 133 Å². The van der Waals surface area contributed by atoms with Gasteiger partial charge >= 0.3 is 12.0 Å². The SMILES string of the molecule is Cc1cc(F)c(COc2nsc(NC(=O)NCCCC(O)CN3CCOCC3)c2C(=O)O)cc1F. The molecule has 35 heavy (non-hydrogen) atoms. The van der Waals surface area contributed by atoms with E-state index in [1.54, 1.807) is 0 Å². The minimum Gasteiger partial charge on any atom is -0.477 e. The third-order valence-corrected chi connectivity index (χ3v) is 6.11. The summed E-state index contributed by atoms with van der Waals surface area (Å²) in [5.74, 6) is -3.02. The zero-order valence-corrected chi connectivity index (χ0v) is 20.0. The zero-order chi connectivity index (χ0) is 25.4. The Bertz CT molecular complexity index is 1030. The van der Waals surface area contributed by atoms with E-state index in [2.05, 4.69) is 19.9 Å². The minimum absolute atomic E-state index is 0.0621. The summed E-state index contributed by atoms with van der Waals surface area (Å²) in [5, 5.41) is 24.6. The van der Waals surface area contributed by atoms with Crippen LogP contribution in [0.2, 0.25) is 0 Å². The number of aryl methyl sites for hydroxylation is 1. The summed E-state index contributed by atoms with van der Waals surface area (Å²) >= 11 is 0.690. The molecule has 192 valence electrons. The van der Waals surface area contributed by atoms with Gasteiger partial charge in [-0.1, -0.05) is 0 Å². The van der Waals surface area contributed by atoms with E-state index >= 15 is 0 Å². The molecule has 2 aromatic rings. The summed E-state index contributed by atoms with van der Waals surface area (Å²) in [5.41, 5.74) is -0.352. The number of amides is 2. The van der Waals surface area contributed by atoms with Gasteiger partial charge in [0.05, 0.1) is 19.3 Å². The molecule has 2 amide bonds. The monoisotopic (exact) mass is 514 g/mol.